The highest BCUT2D eigenvalue weighted by Crippen LogP contribution is 2.28. The predicted molar refractivity (Wildman–Crippen MR) is 127 cm³/mol. The van der Waals surface area contributed by atoms with Crippen molar-refractivity contribution in [1.29, 1.82) is 5.26 Å². The summed E-state index contributed by atoms with van der Waals surface area (Å²) in [5.41, 5.74) is 4.13. The number of allylic oxidation sites excluding steroid dienone is 1. The Hall–Kier alpha value is -3.44. The maximum atomic E-state index is 13.3. The van der Waals surface area contributed by atoms with Crippen molar-refractivity contribution in [3.8, 4) is 6.07 Å². The molecule has 0 unspecified atom stereocenters. The molecule has 0 saturated carbocycles. The van der Waals surface area contributed by atoms with Gasteiger partial charge in [0.25, 0.3) is 0 Å². The molecule has 4 nitrogen and oxygen atoms in total. The molecule has 4 rings (SSSR count). The van der Waals surface area contributed by atoms with E-state index >= 15 is 0 Å². The summed E-state index contributed by atoms with van der Waals surface area (Å²) in [5.74, 6) is -1.28. The van der Waals surface area contributed by atoms with Gasteiger partial charge in [-0.3, -0.25) is 0 Å². The number of halogens is 2. The van der Waals surface area contributed by atoms with Crippen molar-refractivity contribution in [2.45, 2.75) is 6.54 Å². The van der Waals surface area contributed by atoms with Gasteiger partial charge in [-0.2, -0.15) is 5.26 Å². The summed E-state index contributed by atoms with van der Waals surface area (Å²) in [6.07, 6.45) is 3.79. The fourth-order valence-electron chi connectivity index (χ4n) is 3.45. The lowest BCUT2D eigenvalue weighted by Gasteiger charge is -2.06. The predicted octanol–water partition coefficient (Wildman–Crippen LogP) is 6.20. The number of hydrogen-bond donors (Lipinski definition) is 1. The highest BCUT2D eigenvalue weighted by Gasteiger charge is 2.11. The molecule has 1 N–H and O–H groups in total. The van der Waals surface area contributed by atoms with E-state index in [2.05, 4.69) is 39.3 Å². The lowest BCUT2D eigenvalue weighted by Crippen LogP contribution is -1.98. The minimum atomic E-state index is -1.01. The molecule has 0 fully saturated rings. The van der Waals surface area contributed by atoms with Crippen LogP contribution >= 0.6 is 22.6 Å². The van der Waals surface area contributed by atoms with Crippen LogP contribution in [0.2, 0.25) is 0 Å². The maximum absolute atomic E-state index is 13.3. The van der Waals surface area contributed by atoms with Crippen molar-refractivity contribution in [1.82, 2.24) is 4.57 Å². The smallest absolute Gasteiger partial charge is 0.335 e. The number of hydrogen-bond acceptors (Lipinski definition) is 2. The van der Waals surface area contributed by atoms with Gasteiger partial charge in [-0.1, -0.05) is 30.3 Å². The molecule has 0 aliphatic carbocycles. The van der Waals surface area contributed by atoms with E-state index in [0.29, 0.717) is 17.7 Å². The first-order valence-corrected chi connectivity index (χ1v) is 10.5. The van der Waals surface area contributed by atoms with Crippen molar-refractivity contribution in [2.24, 2.45) is 0 Å². The van der Waals surface area contributed by atoms with Crippen LogP contribution in [0.1, 0.15) is 27.0 Å². The molecule has 0 aliphatic heterocycles. The van der Waals surface area contributed by atoms with E-state index < -0.39 is 5.97 Å². The van der Waals surface area contributed by atoms with Crippen LogP contribution in [0.25, 0.3) is 22.6 Å². The second kappa shape index (κ2) is 8.74. The molecule has 152 valence electrons. The van der Waals surface area contributed by atoms with Crippen LogP contribution in [0, 0.1) is 20.7 Å². The van der Waals surface area contributed by atoms with Gasteiger partial charge in [0.05, 0.1) is 17.2 Å². The molecule has 0 saturated heterocycles. The van der Waals surface area contributed by atoms with Crippen LogP contribution in [-0.4, -0.2) is 15.6 Å². The number of nitriles is 1. The zero-order valence-electron chi connectivity index (χ0n) is 16.2. The normalized spacial score (nSPS) is 11.5. The van der Waals surface area contributed by atoms with E-state index in [9.17, 15) is 14.4 Å². The van der Waals surface area contributed by atoms with Gasteiger partial charge in [-0.15, -0.1) is 0 Å². The Bertz CT molecular complexity index is 1350. The van der Waals surface area contributed by atoms with Crippen LogP contribution in [0.4, 0.5) is 4.39 Å². The Kier molecular flexibility index (Phi) is 5.87. The summed E-state index contributed by atoms with van der Waals surface area (Å²) in [5, 5.41) is 19.8. The van der Waals surface area contributed by atoms with Crippen LogP contribution in [-0.2, 0) is 6.54 Å². The Balaban J connectivity index is 1.78. The van der Waals surface area contributed by atoms with Crippen molar-refractivity contribution < 1.29 is 14.3 Å². The van der Waals surface area contributed by atoms with Crippen LogP contribution in [0.3, 0.4) is 0 Å². The van der Waals surface area contributed by atoms with E-state index in [4.69, 9.17) is 5.11 Å². The van der Waals surface area contributed by atoms with Crippen molar-refractivity contribution in [3.63, 3.8) is 0 Å². The first-order valence-electron chi connectivity index (χ1n) is 9.43. The van der Waals surface area contributed by atoms with E-state index in [1.807, 2.05) is 24.4 Å². The van der Waals surface area contributed by atoms with Crippen molar-refractivity contribution in [3.05, 3.63) is 105 Å². The van der Waals surface area contributed by atoms with E-state index in [-0.39, 0.29) is 11.4 Å². The first kappa shape index (κ1) is 20.8. The summed E-state index contributed by atoms with van der Waals surface area (Å²) in [6.45, 7) is 0.569. The van der Waals surface area contributed by atoms with Crippen molar-refractivity contribution >= 4 is 51.1 Å². The third kappa shape index (κ3) is 4.52. The summed E-state index contributed by atoms with van der Waals surface area (Å²) in [7, 11) is 0. The van der Waals surface area contributed by atoms with Gasteiger partial charge in [-0.05, 0) is 76.2 Å². The number of carboxylic acids is 1. The second-order valence-corrected chi connectivity index (χ2v) is 8.30. The Morgan fingerprint density at radius 3 is 2.39 bits per heavy atom. The molecule has 6 heteroatoms. The monoisotopic (exact) mass is 522 g/mol. The number of benzene rings is 3. The molecule has 0 amide bonds. The minimum Gasteiger partial charge on any atom is -0.478 e. The molecule has 31 heavy (non-hydrogen) atoms. The number of carbonyl (C=O) groups is 1. The lowest BCUT2D eigenvalue weighted by atomic mass is 10.0. The summed E-state index contributed by atoms with van der Waals surface area (Å²) >= 11 is 2.26. The third-order valence-corrected chi connectivity index (χ3v) is 5.68. The van der Waals surface area contributed by atoms with Gasteiger partial charge in [0, 0.05) is 32.8 Å². The molecule has 1 heterocycles. The number of aromatic carboxylic acids is 1. The number of carboxylic acid groups (broad SMARTS) is 1. The van der Waals surface area contributed by atoms with E-state index in [1.54, 1.807) is 24.3 Å². The van der Waals surface area contributed by atoms with Gasteiger partial charge in [0.1, 0.15) is 5.82 Å². The average Bonchev–Trinajstić information content (AvgIpc) is 3.09. The van der Waals surface area contributed by atoms with Crippen LogP contribution < -0.4 is 0 Å². The molecular weight excluding hydrogens is 506 g/mol. The zero-order chi connectivity index (χ0) is 22.0. The summed E-state index contributed by atoms with van der Waals surface area (Å²) < 4.78 is 16.4. The molecule has 0 aliphatic rings. The molecule has 0 atom stereocenters. The minimum absolute atomic E-state index is 0.173. The van der Waals surface area contributed by atoms with Gasteiger partial charge in [0.2, 0.25) is 0 Å². The molecular formula is C25H16FIN2O2. The third-order valence-electron chi connectivity index (χ3n) is 5.00. The van der Waals surface area contributed by atoms with E-state index in [0.717, 1.165) is 25.6 Å². The lowest BCUT2D eigenvalue weighted by molar-refractivity contribution is 0.0697. The van der Waals surface area contributed by atoms with Crippen LogP contribution in [0.15, 0.2) is 72.9 Å². The quantitative estimate of drug-likeness (QED) is 0.251. The highest BCUT2D eigenvalue weighted by molar-refractivity contribution is 14.1. The maximum Gasteiger partial charge on any atom is 0.335 e. The Labute approximate surface area is 192 Å². The standard InChI is InChI=1S/C25H16FIN2O2/c26-21-7-1-16(2-8-21)14-29-15-20(23-10-9-22(27)12-24(23)29)11-19(13-28)17-3-5-18(6-4-17)25(30)31/h1-12,15H,14H2,(H,30,31)/b19-11+. The number of nitrogens with zero attached hydrogens (tertiary/aromatic N) is 2. The number of rotatable bonds is 5. The summed E-state index contributed by atoms with van der Waals surface area (Å²) in [6, 6.07) is 21.0. The van der Waals surface area contributed by atoms with Crippen molar-refractivity contribution in [2.75, 3.05) is 0 Å². The molecule has 0 spiro atoms. The molecule has 0 radical (unpaired) electrons. The Morgan fingerprint density at radius 2 is 1.74 bits per heavy atom. The number of aromatic nitrogens is 1. The van der Waals surface area contributed by atoms with Gasteiger partial charge >= 0.3 is 5.97 Å². The molecule has 4 aromatic rings. The fourth-order valence-corrected chi connectivity index (χ4v) is 3.93. The van der Waals surface area contributed by atoms with Crippen LogP contribution in [0.5, 0.6) is 0 Å². The van der Waals surface area contributed by atoms with Gasteiger partial charge in [-0.25, -0.2) is 9.18 Å². The average molecular weight is 522 g/mol. The highest BCUT2D eigenvalue weighted by atomic mass is 127. The fraction of sp³-hybridized carbons (Fsp3) is 0.0400. The second-order valence-electron chi connectivity index (χ2n) is 7.05. The SMILES string of the molecule is N#C/C(=C\c1cn(Cc2ccc(F)cc2)c2cc(I)ccc12)c1ccc(C(=O)O)cc1. The largest absolute Gasteiger partial charge is 0.478 e. The molecule has 3 aromatic carbocycles. The van der Waals surface area contributed by atoms with Gasteiger partial charge in [0.15, 0.2) is 0 Å². The topological polar surface area (TPSA) is 66.0 Å². The Morgan fingerprint density at radius 1 is 1.06 bits per heavy atom. The molecule has 1 aromatic heterocycles. The zero-order valence-corrected chi connectivity index (χ0v) is 18.4. The van der Waals surface area contributed by atoms with Gasteiger partial charge < -0.3 is 9.67 Å². The number of fused-ring (bicyclic) bond motifs is 1. The van der Waals surface area contributed by atoms with E-state index in [1.165, 1.54) is 24.3 Å². The summed E-state index contributed by atoms with van der Waals surface area (Å²) in [4.78, 5) is 11.1. The first-order chi connectivity index (χ1) is 14.9. The molecule has 0 bridgehead atoms.